The lowest BCUT2D eigenvalue weighted by atomic mass is 10.1. The first-order valence-corrected chi connectivity index (χ1v) is 7.63. The highest BCUT2D eigenvalue weighted by molar-refractivity contribution is 5.89. The summed E-state index contributed by atoms with van der Waals surface area (Å²) >= 11 is 0. The van der Waals surface area contributed by atoms with Gasteiger partial charge in [-0.05, 0) is 29.8 Å². The number of hydrogen-bond donors (Lipinski definition) is 2. The minimum absolute atomic E-state index is 0.0137. The summed E-state index contributed by atoms with van der Waals surface area (Å²) in [5.41, 5.74) is -0.300. The van der Waals surface area contributed by atoms with Gasteiger partial charge in [0, 0.05) is 18.8 Å². The molecular formula is C18H16F3NO4. The van der Waals surface area contributed by atoms with Gasteiger partial charge in [0.25, 0.3) is 0 Å². The second-order valence-electron chi connectivity index (χ2n) is 5.58. The average molecular weight is 367 g/mol. The first-order chi connectivity index (χ1) is 12.2. The number of carboxylic acid groups (broad SMARTS) is 2. The zero-order valence-corrected chi connectivity index (χ0v) is 13.5. The number of nitrogens with zero attached hydrogens (tertiary/aromatic N) is 1. The van der Waals surface area contributed by atoms with Crippen molar-refractivity contribution in [2.75, 3.05) is 11.4 Å². The summed E-state index contributed by atoms with van der Waals surface area (Å²) < 4.78 is 38.9. The summed E-state index contributed by atoms with van der Waals surface area (Å²) in [5, 5.41) is 18.2. The molecule has 0 aromatic heterocycles. The SMILES string of the molecule is O=C(O)CCN(Cc1ccccc1C(=O)O)c1cccc(C(F)(F)F)c1. The lowest BCUT2D eigenvalue weighted by molar-refractivity contribution is -0.138. The van der Waals surface area contributed by atoms with Crippen LogP contribution < -0.4 is 4.90 Å². The summed E-state index contributed by atoms with van der Waals surface area (Å²) in [6.45, 7) is -0.0956. The first kappa shape index (κ1) is 19.3. The van der Waals surface area contributed by atoms with Crippen LogP contribution in [-0.4, -0.2) is 28.7 Å². The third kappa shape index (κ3) is 4.98. The molecule has 8 heteroatoms. The molecule has 2 N–H and O–H groups in total. The van der Waals surface area contributed by atoms with Crippen molar-refractivity contribution in [1.82, 2.24) is 0 Å². The van der Waals surface area contributed by atoms with Crippen molar-refractivity contribution < 1.29 is 33.0 Å². The molecule has 0 spiro atoms. The van der Waals surface area contributed by atoms with E-state index in [-0.39, 0.29) is 30.8 Å². The van der Waals surface area contributed by atoms with Crippen molar-refractivity contribution in [2.45, 2.75) is 19.1 Å². The number of carbonyl (C=O) groups is 2. The third-order valence-electron chi connectivity index (χ3n) is 3.74. The molecule has 0 amide bonds. The fourth-order valence-electron chi connectivity index (χ4n) is 2.48. The molecule has 0 radical (unpaired) electrons. The van der Waals surface area contributed by atoms with Crippen LogP contribution in [0.4, 0.5) is 18.9 Å². The normalized spacial score (nSPS) is 11.2. The number of benzene rings is 2. The lowest BCUT2D eigenvalue weighted by Crippen LogP contribution is -2.27. The highest BCUT2D eigenvalue weighted by Crippen LogP contribution is 2.32. The van der Waals surface area contributed by atoms with Crippen molar-refractivity contribution in [2.24, 2.45) is 0 Å². The molecule has 2 aromatic carbocycles. The standard InChI is InChI=1S/C18H16F3NO4/c19-18(20,21)13-5-3-6-14(10-13)22(9-8-16(23)24)11-12-4-1-2-7-15(12)17(25)26/h1-7,10H,8-9,11H2,(H,23,24)(H,25,26). The predicted molar refractivity (Wildman–Crippen MR) is 88.1 cm³/mol. The highest BCUT2D eigenvalue weighted by atomic mass is 19.4. The topological polar surface area (TPSA) is 77.8 Å². The molecule has 5 nitrogen and oxygen atoms in total. The zero-order chi connectivity index (χ0) is 19.3. The molecule has 0 unspecified atom stereocenters. The van der Waals surface area contributed by atoms with Crippen molar-refractivity contribution in [3.63, 3.8) is 0 Å². The fourth-order valence-corrected chi connectivity index (χ4v) is 2.48. The molecule has 26 heavy (non-hydrogen) atoms. The van der Waals surface area contributed by atoms with E-state index in [9.17, 15) is 27.9 Å². The molecule has 0 atom stereocenters. The minimum Gasteiger partial charge on any atom is -0.481 e. The second-order valence-corrected chi connectivity index (χ2v) is 5.58. The zero-order valence-electron chi connectivity index (χ0n) is 13.5. The van der Waals surface area contributed by atoms with Crippen molar-refractivity contribution in [3.8, 4) is 0 Å². The highest BCUT2D eigenvalue weighted by Gasteiger charge is 2.31. The monoisotopic (exact) mass is 367 g/mol. The molecule has 0 fully saturated rings. The van der Waals surface area contributed by atoms with E-state index < -0.39 is 23.7 Å². The van der Waals surface area contributed by atoms with E-state index in [2.05, 4.69) is 0 Å². The lowest BCUT2D eigenvalue weighted by Gasteiger charge is -2.26. The van der Waals surface area contributed by atoms with E-state index in [1.165, 1.54) is 23.1 Å². The summed E-state index contributed by atoms with van der Waals surface area (Å²) in [6.07, 6.45) is -4.83. The molecule has 0 saturated heterocycles. The maximum Gasteiger partial charge on any atom is 0.416 e. The Hall–Kier alpha value is -3.03. The second kappa shape index (κ2) is 7.90. The van der Waals surface area contributed by atoms with Crippen molar-refractivity contribution in [3.05, 3.63) is 65.2 Å². The van der Waals surface area contributed by atoms with E-state index in [1.54, 1.807) is 18.2 Å². The van der Waals surface area contributed by atoms with E-state index in [4.69, 9.17) is 5.11 Å². The number of alkyl halides is 3. The van der Waals surface area contributed by atoms with E-state index >= 15 is 0 Å². The Kier molecular flexibility index (Phi) is 5.86. The Morgan fingerprint density at radius 2 is 1.69 bits per heavy atom. The van der Waals surface area contributed by atoms with Crippen molar-refractivity contribution >= 4 is 17.6 Å². The van der Waals surface area contributed by atoms with Gasteiger partial charge in [-0.15, -0.1) is 0 Å². The molecule has 2 aromatic rings. The molecule has 0 aliphatic carbocycles. The van der Waals surface area contributed by atoms with Crippen LogP contribution in [0.3, 0.4) is 0 Å². The maximum absolute atomic E-state index is 13.0. The van der Waals surface area contributed by atoms with Crippen LogP contribution in [0.1, 0.15) is 27.9 Å². The van der Waals surface area contributed by atoms with E-state index in [0.29, 0.717) is 5.56 Å². The quantitative estimate of drug-likeness (QED) is 0.776. The van der Waals surface area contributed by atoms with Gasteiger partial charge in [-0.1, -0.05) is 24.3 Å². The fraction of sp³-hybridized carbons (Fsp3) is 0.222. The largest absolute Gasteiger partial charge is 0.481 e. The summed E-state index contributed by atoms with van der Waals surface area (Å²) in [6, 6.07) is 10.6. The van der Waals surface area contributed by atoms with Crippen LogP contribution in [0.5, 0.6) is 0 Å². The minimum atomic E-state index is -4.53. The van der Waals surface area contributed by atoms with Crippen LogP contribution in [0.2, 0.25) is 0 Å². The van der Waals surface area contributed by atoms with E-state index in [1.807, 2.05) is 0 Å². The van der Waals surface area contributed by atoms with Gasteiger partial charge in [0.1, 0.15) is 0 Å². The number of anilines is 1. The maximum atomic E-state index is 13.0. The van der Waals surface area contributed by atoms with Gasteiger partial charge < -0.3 is 15.1 Å². The molecule has 0 heterocycles. The van der Waals surface area contributed by atoms with Crippen molar-refractivity contribution in [1.29, 1.82) is 0 Å². The molecule has 138 valence electrons. The number of hydrogen-bond acceptors (Lipinski definition) is 3. The first-order valence-electron chi connectivity index (χ1n) is 7.63. The van der Waals surface area contributed by atoms with Crippen LogP contribution >= 0.6 is 0 Å². The van der Waals surface area contributed by atoms with E-state index in [0.717, 1.165) is 12.1 Å². The molecule has 2 rings (SSSR count). The van der Waals surface area contributed by atoms with Gasteiger partial charge in [-0.25, -0.2) is 4.79 Å². The number of aromatic carboxylic acids is 1. The number of aliphatic carboxylic acids is 1. The van der Waals surface area contributed by atoms with Gasteiger partial charge in [-0.2, -0.15) is 13.2 Å². The summed E-state index contributed by atoms with van der Waals surface area (Å²) in [4.78, 5) is 23.6. The Bertz CT molecular complexity index is 805. The van der Waals surface area contributed by atoms with Gasteiger partial charge >= 0.3 is 18.1 Å². The predicted octanol–water partition coefficient (Wildman–Crippen LogP) is 3.88. The van der Waals surface area contributed by atoms with Crippen LogP contribution in [-0.2, 0) is 17.5 Å². The Labute approximate surface area is 147 Å². The number of carboxylic acids is 2. The van der Waals surface area contributed by atoms with Crippen LogP contribution in [0.25, 0.3) is 0 Å². The molecule has 0 bridgehead atoms. The molecule has 0 saturated carbocycles. The molecule has 0 aliphatic heterocycles. The average Bonchev–Trinajstić information content (AvgIpc) is 2.58. The Morgan fingerprint density at radius 3 is 2.31 bits per heavy atom. The molecular weight excluding hydrogens is 351 g/mol. The Morgan fingerprint density at radius 1 is 1.00 bits per heavy atom. The van der Waals surface area contributed by atoms with Gasteiger partial charge in [0.05, 0.1) is 17.5 Å². The number of rotatable bonds is 7. The van der Waals surface area contributed by atoms with Gasteiger partial charge in [0.15, 0.2) is 0 Å². The summed E-state index contributed by atoms with van der Waals surface area (Å²) in [7, 11) is 0. The summed E-state index contributed by atoms with van der Waals surface area (Å²) in [5.74, 6) is -2.27. The Balaban J connectivity index is 2.39. The number of halogens is 3. The van der Waals surface area contributed by atoms with Crippen LogP contribution in [0.15, 0.2) is 48.5 Å². The third-order valence-corrected chi connectivity index (χ3v) is 3.74. The van der Waals surface area contributed by atoms with Crippen LogP contribution in [0, 0.1) is 0 Å². The molecule has 0 aliphatic rings. The smallest absolute Gasteiger partial charge is 0.416 e. The van der Waals surface area contributed by atoms with Gasteiger partial charge in [0.2, 0.25) is 0 Å². The van der Waals surface area contributed by atoms with Gasteiger partial charge in [-0.3, -0.25) is 4.79 Å².